The van der Waals surface area contributed by atoms with Gasteiger partial charge in [-0.05, 0) is 35.6 Å². The Morgan fingerprint density at radius 1 is 1.10 bits per heavy atom. The first-order valence-electron chi connectivity index (χ1n) is 7.19. The van der Waals surface area contributed by atoms with E-state index in [0.717, 1.165) is 18.8 Å². The predicted molar refractivity (Wildman–Crippen MR) is 80.2 cm³/mol. The van der Waals surface area contributed by atoms with Crippen LogP contribution in [0.1, 0.15) is 24.0 Å². The van der Waals surface area contributed by atoms with Gasteiger partial charge in [0.15, 0.2) is 0 Å². The number of ether oxygens (including phenoxy) is 2. The van der Waals surface area contributed by atoms with E-state index in [2.05, 4.69) is 61.5 Å². The fraction of sp³-hybridized carbons (Fsp3) is 0.333. The van der Waals surface area contributed by atoms with Gasteiger partial charge >= 0.3 is 0 Å². The molecule has 2 unspecified atom stereocenters. The van der Waals surface area contributed by atoms with Gasteiger partial charge in [0, 0.05) is 0 Å². The molecular formula is C18H20O2. The molecule has 0 aliphatic carbocycles. The fourth-order valence-corrected chi connectivity index (χ4v) is 2.33. The number of epoxide rings is 1. The second-order valence-corrected chi connectivity index (χ2v) is 5.43. The summed E-state index contributed by atoms with van der Waals surface area (Å²) >= 11 is 0. The number of hydrogen-bond acceptors (Lipinski definition) is 2. The molecule has 104 valence electrons. The first kappa shape index (κ1) is 13.2. The quantitative estimate of drug-likeness (QED) is 0.743. The van der Waals surface area contributed by atoms with Gasteiger partial charge in [-0.15, -0.1) is 0 Å². The lowest BCUT2D eigenvalue weighted by atomic mass is 9.94. The van der Waals surface area contributed by atoms with Crippen LogP contribution in [0.3, 0.4) is 0 Å². The van der Waals surface area contributed by atoms with Crippen LogP contribution < -0.4 is 4.74 Å². The van der Waals surface area contributed by atoms with Crippen molar-refractivity contribution in [1.29, 1.82) is 0 Å². The van der Waals surface area contributed by atoms with Crippen molar-refractivity contribution in [3.05, 3.63) is 65.7 Å². The minimum atomic E-state index is 0.312. The van der Waals surface area contributed by atoms with Crippen LogP contribution in [0.15, 0.2) is 54.6 Å². The molecule has 0 spiro atoms. The van der Waals surface area contributed by atoms with Gasteiger partial charge in [-0.2, -0.15) is 0 Å². The molecule has 0 aromatic heterocycles. The third-order valence-corrected chi connectivity index (χ3v) is 3.67. The van der Waals surface area contributed by atoms with Gasteiger partial charge in [0.05, 0.1) is 6.61 Å². The third-order valence-electron chi connectivity index (χ3n) is 3.67. The standard InChI is InChI=1S/C18H20O2/c1-14(11-15-5-3-2-4-6-15)16-7-9-17(10-8-16)19-12-18-13-20-18/h2-10,14,18H,11-13H2,1H3. The number of rotatable bonds is 6. The van der Waals surface area contributed by atoms with Gasteiger partial charge in [-0.1, -0.05) is 49.4 Å². The Morgan fingerprint density at radius 3 is 2.45 bits per heavy atom. The molecule has 0 saturated carbocycles. The zero-order chi connectivity index (χ0) is 13.8. The molecule has 0 bridgehead atoms. The van der Waals surface area contributed by atoms with E-state index in [-0.39, 0.29) is 0 Å². The molecule has 1 aliphatic rings. The van der Waals surface area contributed by atoms with Gasteiger partial charge in [0.25, 0.3) is 0 Å². The number of hydrogen-bond donors (Lipinski definition) is 0. The Kier molecular flexibility index (Phi) is 4.03. The molecule has 2 nitrogen and oxygen atoms in total. The smallest absolute Gasteiger partial charge is 0.119 e. The van der Waals surface area contributed by atoms with Gasteiger partial charge in [-0.25, -0.2) is 0 Å². The molecule has 1 saturated heterocycles. The van der Waals surface area contributed by atoms with E-state index in [0.29, 0.717) is 18.6 Å². The maximum absolute atomic E-state index is 5.66. The van der Waals surface area contributed by atoms with Crippen molar-refractivity contribution < 1.29 is 9.47 Å². The van der Waals surface area contributed by atoms with Crippen molar-refractivity contribution in [2.45, 2.75) is 25.4 Å². The van der Waals surface area contributed by atoms with Crippen LogP contribution in [0.2, 0.25) is 0 Å². The molecule has 2 aromatic rings. The second kappa shape index (κ2) is 6.10. The van der Waals surface area contributed by atoms with Crippen molar-refractivity contribution in [2.24, 2.45) is 0 Å². The maximum Gasteiger partial charge on any atom is 0.119 e. The highest BCUT2D eigenvalue weighted by Gasteiger charge is 2.22. The molecule has 1 aliphatic heterocycles. The molecule has 1 fully saturated rings. The Hall–Kier alpha value is -1.80. The molecular weight excluding hydrogens is 248 g/mol. The molecule has 2 heteroatoms. The van der Waals surface area contributed by atoms with E-state index in [1.54, 1.807) is 0 Å². The SMILES string of the molecule is CC(Cc1ccccc1)c1ccc(OCC2CO2)cc1. The monoisotopic (exact) mass is 268 g/mol. The Labute approximate surface area is 120 Å². The van der Waals surface area contributed by atoms with Crippen LogP contribution in [0.4, 0.5) is 0 Å². The normalized spacial score (nSPS) is 18.6. The van der Waals surface area contributed by atoms with Crippen molar-refractivity contribution >= 4 is 0 Å². The Morgan fingerprint density at radius 2 is 1.80 bits per heavy atom. The minimum Gasteiger partial charge on any atom is -0.491 e. The summed E-state index contributed by atoms with van der Waals surface area (Å²) in [4.78, 5) is 0. The molecule has 0 radical (unpaired) electrons. The van der Waals surface area contributed by atoms with Crippen molar-refractivity contribution in [2.75, 3.05) is 13.2 Å². The molecule has 0 N–H and O–H groups in total. The fourth-order valence-electron chi connectivity index (χ4n) is 2.33. The van der Waals surface area contributed by atoms with E-state index in [4.69, 9.17) is 9.47 Å². The average Bonchev–Trinajstić information content (AvgIpc) is 3.31. The van der Waals surface area contributed by atoms with Crippen LogP contribution in [0.5, 0.6) is 5.75 Å². The van der Waals surface area contributed by atoms with Crippen LogP contribution in [0, 0.1) is 0 Å². The van der Waals surface area contributed by atoms with Crippen LogP contribution >= 0.6 is 0 Å². The topological polar surface area (TPSA) is 21.8 Å². The highest BCUT2D eigenvalue weighted by molar-refractivity contribution is 5.30. The summed E-state index contributed by atoms with van der Waals surface area (Å²) in [6.45, 7) is 3.77. The second-order valence-electron chi connectivity index (χ2n) is 5.43. The van der Waals surface area contributed by atoms with Crippen LogP contribution in [-0.4, -0.2) is 19.3 Å². The molecule has 0 amide bonds. The molecule has 2 atom stereocenters. The van der Waals surface area contributed by atoms with E-state index < -0.39 is 0 Å². The summed E-state index contributed by atoms with van der Waals surface area (Å²) in [5, 5.41) is 0. The van der Waals surface area contributed by atoms with E-state index in [9.17, 15) is 0 Å². The van der Waals surface area contributed by atoms with Gasteiger partial charge < -0.3 is 9.47 Å². The lowest BCUT2D eigenvalue weighted by Gasteiger charge is -2.13. The Balaban J connectivity index is 1.58. The summed E-state index contributed by atoms with van der Waals surface area (Å²) in [7, 11) is 0. The zero-order valence-corrected chi connectivity index (χ0v) is 11.8. The summed E-state index contributed by atoms with van der Waals surface area (Å²) in [5.74, 6) is 1.44. The molecule has 3 rings (SSSR count). The van der Waals surface area contributed by atoms with Crippen molar-refractivity contribution in [1.82, 2.24) is 0 Å². The zero-order valence-electron chi connectivity index (χ0n) is 11.8. The first-order chi connectivity index (χ1) is 9.81. The summed E-state index contributed by atoms with van der Waals surface area (Å²) < 4.78 is 10.8. The van der Waals surface area contributed by atoms with Crippen LogP contribution in [-0.2, 0) is 11.2 Å². The largest absolute Gasteiger partial charge is 0.491 e. The van der Waals surface area contributed by atoms with E-state index in [1.165, 1.54) is 11.1 Å². The third kappa shape index (κ3) is 3.61. The Bertz CT molecular complexity index is 529. The lowest BCUT2D eigenvalue weighted by Crippen LogP contribution is -2.04. The highest BCUT2D eigenvalue weighted by Crippen LogP contribution is 2.23. The number of benzene rings is 2. The van der Waals surface area contributed by atoms with E-state index in [1.807, 2.05) is 0 Å². The highest BCUT2D eigenvalue weighted by atomic mass is 16.6. The van der Waals surface area contributed by atoms with Gasteiger partial charge in [-0.3, -0.25) is 0 Å². The summed E-state index contributed by atoms with van der Waals surface area (Å²) in [6.07, 6.45) is 1.38. The van der Waals surface area contributed by atoms with Gasteiger partial charge in [0.1, 0.15) is 18.5 Å². The first-order valence-corrected chi connectivity index (χ1v) is 7.19. The lowest BCUT2D eigenvalue weighted by molar-refractivity contribution is 0.263. The maximum atomic E-state index is 5.66. The minimum absolute atomic E-state index is 0.312. The summed E-state index contributed by atoms with van der Waals surface area (Å²) in [5.41, 5.74) is 2.73. The van der Waals surface area contributed by atoms with E-state index >= 15 is 0 Å². The average molecular weight is 268 g/mol. The van der Waals surface area contributed by atoms with Gasteiger partial charge in [0.2, 0.25) is 0 Å². The summed E-state index contributed by atoms with van der Waals surface area (Å²) in [6, 6.07) is 19.1. The predicted octanol–water partition coefficient (Wildman–Crippen LogP) is 3.81. The molecule has 20 heavy (non-hydrogen) atoms. The van der Waals surface area contributed by atoms with Crippen molar-refractivity contribution in [3.63, 3.8) is 0 Å². The van der Waals surface area contributed by atoms with Crippen LogP contribution in [0.25, 0.3) is 0 Å². The molecule has 2 aromatic carbocycles. The van der Waals surface area contributed by atoms with Crippen molar-refractivity contribution in [3.8, 4) is 5.75 Å². The molecule has 1 heterocycles.